The molecule has 0 radical (unpaired) electrons. The molecule has 6 nitrogen and oxygen atoms in total. The van der Waals surface area contributed by atoms with Gasteiger partial charge in [-0.05, 0) is 30.5 Å². The molecule has 0 atom stereocenters. The van der Waals surface area contributed by atoms with Crippen molar-refractivity contribution in [2.24, 2.45) is 0 Å². The maximum atomic E-state index is 12.1. The van der Waals surface area contributed by atoms with Crippen molar-refractivity contribution in [2.45, 2.75) is 19.3 Å². The quantitative estimate of drug-likeness (QED) is 0.681. The first kappa shape index (κ1) is 15.5. The summed E-state index contributed by atoms with van der Waals surface area (Å²) >= 11 is 0. The van der Waals surface area contributed by atoms with Crippen molar-refractivity contribution < 1.29 is 9.21 Å². The van der Waals surface area contributed by atoms with E-state index >= 15 is 0 Å². The number of rotatable bonds is 4. The molecule has 4 rings (SSSR count). The minimum atomic E-state index is -0.232. The number of hydrogen-bond acceptors (Lipinski definition) is 4. The second kappa shape index (κ2) is 6.84. The van der Waals surface area contributed by atoms with E-state index in [1.54, 1.807) is 12.5 Å². The molecule has 0 fully saturated rings. The largest absolute Gasteiger partial charge is 0.471 e. The molecule has 3 aromatic rings. The van der Waals surface area contributed by atoms with Gasteiger partial charge in [0.2, 0.25) is 0 Å². The topological polar surface area (TPSA) is 79.2 Å². The van der Waals surface area contributed by atoms with Gasteiger partial charge in [0.15, 0.2) is 0 Å². The number of hydrogen-bond donors (Lipinski definition) is 3. The zero-order valence-electron chi connectivity index (χ0n) is 13.8. The van der Waals surface area contributed by atoms with E-state index in [1.165, 1.54) is 5.56 Å². The van der Waals surface area contributed by atoms with Gasteiger partial charge in [-0.15, -0.1) is 0 Å². The van der Waals surface area contributed by atoms with Gasteiger partial charge in [-0.2, -0.15) is 0 Å². The lowest BCUT2D eigenvalue weighted by atomic mass is 10.1. The third kappa shape index (κ3) is 3.42. The Kier molecular flexibility index (Phi) is 4.24. The maximum absolute atomic E-state index is 12.1. The summed E-state index contributed by atoms with van der Waals surface area (Å²) in [6, 6.07) is 9.62. The fourth-order valence-corrected chi connectivity index (χ4v) is 3.08. The van der Waals surface area contributed by atoms with Gasteiger partial charge in [0.05, 0.1) is 12.0 Å². The fraction of sp³-hybridized carbons (Fsp3) is 0.263. The van der Waals surface area contributed by atoms with Crippen LogP contribution in [0.5, 0.6) is 0 Å². The molecule has 0 spiro atoms. The molecule has 3 heterocycles. The Labute approximate surface area is 145 Å². The van der Waals surface area contributed by atoms with Crippen molar-refractivity contribution in [2.75, 3.05) is 23.7 Å². The molecule has 2 amide bonds. The van der Waals surface area contributed by atoms with Crippen LogP contribution in [0.25, 0.3) is 10.8 Å². The lowest BCUT2D eigenvalue weighted by molar-refractivity contribution is 0.252. The van der Waals surface area contributed by atoms with Crippen LogP contribution in [0.3, 0.4) is 0 Å². The second-order valence-corrected chi connectivity index (χ2v) is 6.15. The van der Waals surface area contributed by atoms with E-state index in [4.69, 9.17) is 4.42 Å². The average Bonchev–Trinajstić information content (AvgIpc) is 3.11. The second-order valence-electron chi connectivity index (χ2n) is 6.15. The predicted molar refractivity (Wildman–Crippen MR) is 98.0 cm³/mol. The third-order valence-electron chi connectivity index (χ3n) is 4.39. The van der Waals surface area contributed by atoms with Gasteiger partial charge >= 0.3 is 6.03 Å². The van der Waals surface area contributed by atoms with Crippen LogP contribution in [0, 0.1) is 0 Å². The van der Waals surface area contributed by atoms with E-state index in [0.29, 0.717) is 13.0 Å². The lowest BCUT2D eigenvalue weighted by Gasteiger charge is -2.17. The van der Waals surface area contributed by atoms with Crippen LogP contribution >= 0.6 is 0 Å². The van der Waals surface area contributed by atoms with Crippen LogP contribution in [0.15, 0.2) is 47.3 Å². The smallest absolute Gasteiger partial charge is 0.319 e. The Morgan fingerprint density at radius 2 is 2.20 bits per heavy atom. The van der Waals surface area contributed by atoms with Crippen molar-refractivity contribution in [1.29, 1.82) is 0 Å². The predicted octanol–water partition coefficient (Wildman–Crippen LogP) is 3.55. The van der Waals surface area contributed by atoms with Crippen LogP contribution < -0.4 is 16.0 Å². The molecule has 0 saturated carbocycles. The first-order valence-corrected chi connectivity index (χ1v) is 8.52. The number of nitrogens with zero attached hydrogens (tertiary/aromatic N) is 1. The number of benzene rings is 1. The Balaban J connectivity index is 1.32. The van der Waals surface area contributed by atoms with Crippen molar-refractivity contribution in [3.8, 4) is 0 Å². The summed E-state index contributed by atoms with van der Waals surface area (Å²) in [6.07, 6.45) is 6.22. The first-order chi connectivity index (χ1) is 12.3. The van der Waals surface area contributed by atoms with E-state index in [1.807, 2.05) is 24.3 Å². The highest BCUT2D eigenvalue weighted by Crippen LogP contribution is 2.24. The van der Waals surface area contributed by atoms with Gasteiger partial charge in [0, 0.05) is 36.0 Å². The number of nitrogens with one attached hydrogen (secondary N) is 3. The van der Waals surface area contributed by atoms with Crippen molar-refractivity contribution in [1.82, 2.24) is 10.3 Å². The van der Waals surface area contributed by atoms with E-state index in [9.17, 15) is 4.79 Å². The number of urea groups is 1. The van der Waals surface area contributed by atoms with E-state index in [-0.39, 0.29) is 6.03 Å². The van der Waals surface area contributed by atoms with E-state index in [2.05, 4.69) is 27.0 Å². The third-order valence-corrected chi connectivity index (χ3v) is 4.39. The molecule has 1 aliphatic rings. The molecule has 0 unspecified atom stereocenters. The minimum absolute atomic E-state index is 0.232. The summed E-state index contributed by atoms with van der Waals surface area (Å²) in [4.78, 5) is 16.7. The number of furan rings is 1. The van der Waals surface area contributed by atoms with E-state index < -0.39 is 0 Å². The lowest BCUT2D eigenvalue weighted by Crippen LogP contribution is -2.30. The Bertz CT molecular complexity index is 903. The molecule has 1 aliphatic heterocycles. The zero-order valence-corrected chi connectivity index (χ0v) is 13.8. The molecule has 128 valence electrons. The number of pyridine rings is 1. The van der Waals surface area contributed by atoms with Crippen LogP contribution in [-0.2, 0) is 12.8 Å². The summed E-state index contributed by atoms with van der Waals surface area (Å²) in [7, 11) is 0. The minimum Gasteiger partial charge on any atom is -0.471 e. The summed E-state index contributed by atoms with van der Waals surface area (Å²) in [6.45, 7) is 1.50. The van der Waals surface area contributed by atoms with Gasteiger partial charge in [0.25, 0.3) is 0 Å². The maximum Gasteiger partial charge on any atom is 0.319 e. The number of fused-ring (bicyclic) bond motifs is 2. The number of carbonyl (C=O) groups excluding carboxylic acids is 1. The molecular weight excluding hydrogens is 316 g/mol. The zero-order chi connectivity index (χ0) is 17.1. The SMILES string of the molecule is O=C(NCCc1ccc2c(n1)NCCC2)Nc1cccc2cocc12. The summed E-state index contributed by atoms with van der Waals surface area (Å²) in [5.74, 6) is 0.986. The molecule has 0 saturated heterocycles. The summed E-state index contributed by atoms with van der Waals surface area (Å²) in [5, 5.41) is 10.9. The van der Waals surface area contributed by atoms with Gasteiger partial charge in [-0.3, -0.25) is 0 Å². The number of aromatic nitrogens is 1. The molecule has 2 aromatic heterocycles. The van der Waals surface area contributed by atoms with Gasteiger partial charge < -0.3 is 20.4 Å². The molecule has 0 aliphatic carbocycles. The Morgan fingerprint density at radius 3 is 3.16 bits per heavy atom. The Morgan fingerprint density at radius 1 is 1.24 bits per heavy atom. The molecule has 6 heteroatoms. The van der Waals surface area contributed by atoms with Crippen molar-refractivity contribution in [3.05, 3.63) is 54.1 Å². The summed E-state index contributed by atoms with van der Waals surface area (Å²) < 4.78 is 5.19. The molecular formula is C19H20N4O2. The highest BCUT2D eigenvalue weighted by Gasteiger charge is 2.11. The first-order valence-electron chi connectivity index (χ1n) is 8.52. The van der Waals surface area contributed by atoms with Crippen LogP contribution in [0.4, 0.5) is 16.3 Å². The normalized spacial score (nSPS) is 13.1. The highest BCUT2D eigenvalue weighted by molar-refractivity contribution is 6.01. The number of carbonyl (C=O) groups is 1. The van der Waals surface area contributed by atoms with Gasteiger partial charge in [0.1, 0.15) is 12.1 Å². The molecule has 25 heavy (non-hydrogen) atoms. The molecule has 0 bridgehead atoms. The number of anilines is 2. The molecule has 1 aromatic carbocycles. The summed E-state index contributed by atoms with van der Waals surface area (Å²) in [5.41, 5.74) is 2.99. The monoisotopic (exact) mass is 336 g/mol. The number of aryl methyl sites for hydroxylation is 1. The average molecular weight is 336 g/mol. The standard InChI is InChI=1S/C19H20N4O2/c24-19(23-17-5-1-3-14-11-25-12-16(14)17)21-10-8-15-7-6-13-4-2-9-20-18(13)22-15/h1,3,5-7,11-12H,2,4,8-10H2,(H,20,22)(H2,21,23,24). The Hall–Kier alpha value is -3.02. The fourth-order valence-electron chi connectivity index (χ4n) is 3.08. The van der Waals surface area contributed by atoms with Crippen LogP contribution in [-0.4, -0.2) is 24.1 Å². The molecule has 3 N–H and O–H groups in total. The van der Waals surface area contributed by atoms with Crippen molar-refractivity contribution >= 4 is 28.3 Å². The van der Waals surface area contributed by atoms with Crippen molar-refractivity contribution in [3.63, 3.8) is 0 Å². The van der Waals surface area contributed by atoms with Gasteiger partial charge in [-0.25, -0.2) is 9.78 Å². The van der Waals surface area contributed by atoms with Gasteiger partial charge in [-0.1, -0.05) is 18.2 Å². The van der Waals surface area contributed by atoms with Crippen LogP contribution in [0.2, 0.25) is 0 Å². The number of amides is 2. The highest BCUT2D eigenvalue weighted by atomic mass is 16.3. The van der Waals surface area contributed by atoms with Crippen LogP contribution in [0.1, 0.15) is 17.7 Å². The van der Waals surface area contributed by atoms with E-state index in [0.717, 1.165) is 47.4 Å².